The van der Waals surface area contributed by atoms with Gasteiger partial charge in [-0.15, -0.1) is 0 Å². The molecule has 10 nitrogen and oxygen atoms in total. The number of piperidine rings is 1. The Balaban J connectivity index is 1.64. The van der Waals surface area contributed by atoms with E-state index in [0.29, 0.717) is 10.0 Å². The third kappa shape index (κ3) is 6.42. The molecule has 1 aromatic carbocycles. The summed E-state index contributed by atoms with van der Waals surface area (Å²) in [6.45, 7) is 2.86. The van der Waals surface area contributed by atoms with Crippen LogP contribution in [0.2, 0.25) is 5.02 Å². The van der Waals surface area contributed by atoms with E-state index in [-0.39, 0.29) is 37.6 Å². The van der Waals surface area contributed by atoms with Crippen molar-refractivity contribution in [3.8, 4) is 0 Å². The molecule has 0 saturated carbocycles. The van der Waals surface area contributed by atoms with Gasteiger partial charge in [0.15, 0.2) is 5.41 Å². The van der Waals surface area contributed by atoms with E-state index >= 15 is 0 Å². The minimum atomic E-state index is -4.69. The Bertz CT molecular complexity index is 1350. The zero-order chi connectivity index (χ0) is 30.9. The molecule has 3 N–H and O–H groups in total. The molecule has 4 rings (SSSR count). The van der Waals surface area contributed by atoms with E-state index in [1.165, 1.54) is 31.0 Å². The van der Waals surface area contributed by atoms with Crippen LogP contribution in [0.25, 0.3) is 0 Å². The predicted octanol–water partition coefficient (Wildman–Crippen LogP) is 2.79. The number of hydrazone groups is 1. The maximum atomic E-state index is 14.0. The number of amides is 3. The van der Waals surface area contributed by atoms with Gasteiger partial charge >= 0.3 is 6.18 Å². The Morgan fingerprint density at radius 1 is 1.21 bits per heavy atom. The number of carbonyl (C=O) groups is 3. The summed E-state index contributed by atoms with van der Waals surface area (Å²) >= 11 is 5.94. The molecule has 3 heterocycles. The Hall–Kier alpha value is -3.55. The van der Waals surface area contributed by atoms with E-state index in [2.05, 4.69) is 15.4 Å². The van der Waals surface area contributed by atoms with Crippen LogP contribution in [0.3, 0.4) is 0 Å². The summed E-state index contributed by atoms with van der Waals surface area (Å²) in [5.74, 6) is -2.13. The average Bonchev–Trinajstić information content (AvgIpc) is 3.20. The minimum absolute atomic E-state index is 0.0153. The molecule has 226 valence electrons. The standard InChI is InChI=1S/C28H32ClF3N6O4/c1-17-28(21-6-4-5-12-34-21)22(36-38(25(28)41)16-27(30,31)32)11-13-37(17)23(39)20(35-24(40)26(2,3)33)15-42-14-18-7-9-19(29)10-8-18/h4-10,12,17,20H,11,13-16,33H2,1-3H3,(H,35,40)/t17?,20-,28-/m1/s1. The molecule has 0 spiro atoms. The van der Waals surface area contributed by atoms with Gasteiger partial charge in [-0.1, -0.05) is 29.8 Å². The summed E-state index contributed by atoms with van der Waals surface area (Å²) in [5, 5.41) is 7.66. The van der Waals surface area contributed by atoms with Crippen molar-refractivity contribution in [1.29, 1.82) is 0 Å². The van der Waals surface area contributed by atoms with Gasteiger partial charge in [0.1, 0.15) is 12.6 Å². The van der Waals surface area contributed by atoms with E-state index in [9.17, 15) is 27.6 Å². The van der Waals surface area contributed by atoms with Gasteiger partial charge < -0.3 is 20.7 Å². The van der Waals surface area contributed by atoms with Crippen molar-refractivity contribution in [1.82, 2.24) is 20.2 Å². The lowest BCUT2D eigenvalue weighted by Gasteiger charge is -2.46. The second kappa shape index (κ2) is 12.0. The highest BCUT2D eigenvalue weighted by molar-refractivity contribution is 6.30. The van der Waals surface area contributed by atoms with Crippen LogP contribution in [0.1, 0.15) is 38.4 Å². The molecule has 0 bridgehead atoms. The van der Waals surface area contributed by atoms with Crippen LogP contribution in [0.4, 0.5) is 13.2 Å². The van der Waals surface area contributed by atoms with Gasteiger partial charge in [0.25, 0.3) is 5.91 Å². The summed E-state index contributed by atoms with van der Waals surface area (Å²) in [4.78, 5) is 46.3. The number of fused-ring (bicyclic) bond motifs is 1. The Morgan fingerprint density at radius 2 is 1.90 bits per heavy atom. The van der Waals surface area contributed by atoms with Gasteiger partial charge in [-0.3, -0.25) is 19.4 Å². The number of carbonyl (C=O) groups excluding carboxylic acids is 3. The SMILES string of the molecule is CC1N(C(=O)[C@@H](COCc2ccc(Cl)cc2)NC(=O)C(C)(C)N)CCC2=NN(CC(F)(F)F)C(=O)[C@]21c1ccccn1. The number of likely N-dealkylation sites (tertiary alicyclic amines) is 1. The molecule has 2 aliphatic rings. The van der Waals surface area contributed by atoms with Gasteiger partial charge in [0, 0.05) is 24.2 Å². The number of benzene rings is 1. The number of rotatable bonds is 9. The van der Waals surface area contributed by atoms with Crippen LogP contribution in [-0.4, -0.2) is 81.8 Å². The Morgan fingerprint density at radius 3 is 2.50 bits per heavy atom. The summed E-state index contributed by atoms with van der Waals surface area (Å²) in [5.41, 5.74) is 4.03. The number of aromatic nitrogens is 1. The van der Waals surface area contributed by atoms with Crippen molar-refractivity contribution in [2.24, 2.45) is 10.8 Å². The lowest BCUT2D eigenvalue weighted by Crippen LogP contribution is -2.66. The number of alkyl halides is 3. The van der Waals surface area contributed by atoms with Crippen LogP contribution in [0.15, 0.2) is 53.8 Å². The third-order valence-corrected chi connectivity index (χ3v) is 7.54. The van der Waals surface area contributed by atoms with Gasteiger partial charge in [0.2, 0.25) is 11.8 Å². The van der Waals surface area contributed by atoms with Gasteiger partial charge in [-0.2, -0.15) is 18.3 Å². The first-order valence-electron chi connectivity index (χ1n) is 13.2. The highest BCUT2D eigenvalue weighted by atomic mass is 35.5. The van der Waals surface area contributed by atoms with Crippen molar-refractivity contribution in [3.63, 3.8) is 0 Å². The van der Waals surface area contributed by atoms with Crippen LogP contribution in [0.5, 0.6) is 0 Å². The molecule has 42 heavy (non-hydrogen) atoms. The molecule has 1 unspecified atom stereocenters. The molecular weight excluding hydrogens is 577 g/mol. The van der Waals surface area contributed by atoms with E-state index in [1.54, 1.807) is 43.3 Å². The minimum Gasteiger partial charge on any atom is -0.374 e. The van der Waals surface area contributed by atoms with Crippen molar-refractivity contribution < 1.29 is 32.3 Å². The molecule has 3 amide bonds. The first-order valence-corrected chi connectivity index (χ1v) is 13.6. The zero-order valence-corrected chi connectivity index (χ0v) is 24.1. The smallest absolute Gasteiger partial charge is 0.374 e. The van der Waals surface area contributed by atoms with E-state index in [0.717, 1.165) is 5.56 Å². The molecule has 3 atom stereocenters. The first-order chi connectivity index (χ1) is 19.6. The molecule has 0 aliphatic carbocycles. The molecule has 0 radical (unpaired) electrons. The summed E-state index contributed by atoms with van der Waals surface area (Å²) in [7, 11) is 0. The number of ether oxygens (including phenoxy) is 1. The van der Waals surface area contributed by atoms with Crippen molar-refractivity contribution in [2.45, 2.75) is 63.0 Å². The molecular formula is C28H32ClF3N6O4. The molecule has 1 saturated heterocycles. The molecule has 2 aliphatic heterocycles. The fourth-order valence-electron chi connectivity index (χ4n) is 5.16. The van der Waals surface area contributed by atoms with Crippen LogP contribution >= 0.6 is 11.6 Å². The number of nitrogens with one attached hydrogen (secondary N) is 1. The molecule has 1 fully saturated rings. The summed E-state index contributed by atoms with van der Waals surface area (Å²) in [6, 6.07) is 9.42. The Labute approximate surface area is 246 Å². The van der Waals surface area contributed by atoms with Gasteiger partial charge in [-0.05, 0) is 50.6 Å². The lowest BCUT2D eigenvalue weighted by molar-refractivity contribution is -0.163. The number of nitrogens with zero attached hydrogens (tertiary/aromatic N) is 4. The average molecular weight is 609 g/mol. The van der Waals surface area contributed by atoms with Crippen molar-refractivity contribution >= 4 is 35.0 Å². The van der Waals surface area contributed by atoms with Gasteiger partial charge in [0.05, 0.1) is 36.2 Å². The number of pyridine rings is 1. The van der Waals surface area contributed by atoms with E-state index < -0.39 is 53.5 Å². The maximum absolute atomic E-state index is 14.0. The number of hydrogen-bond donors (Lipinski definition) is 2. The number of halogens is 4. The highest BCUT2D eigenvalue weighted by Gasteiger charge is 2.62. The van der Waals surface area contributed by atoms with Crippen molar-refractivity contribution in [2.75, 3.05) is 19.7 Å². The first kappa shape index (κ1) is 31.4. The third-order valence-electron chi connectivity index (χ3n) is 7.29. The zero-order valence-electron chi connectivity index (χ0n) is 23.3. The van der Waals surface area contributed by atoms with E-state index in [1.807, 2.05) is 0 Å². The van der Waals surface area contributed by atoms with Crippen LogP contribution < -0.4 is 11.1 Å². The second-order valence-corrected chi connectivity index (χ2v) is 11.3. The monoisotopic (exact) mass is 608 g/mol. The van der Waals surface area contributed by atoms with E-state index in [4.69, 9.17) is 22.1 Å². The Kier molecular flexibility index (Phi) is 8.95. The molecule has 2 aromatic rings. The molecule has 14 heteroatoms. The number of nitrogens with two attached hydrogens (primary N) is 1. The fourth-order valence-corrected chi connectivity index (χ4v) is 5.28. The highest BCUT2D eigenvalue weighted by Crippen LogP contribution is 2.43. The lowest BCUT2D eigenvalue weighted by atomic mass is 9.69. The fraction of sp³-hybridized carbons (Fsp3) is 0.464. The van der Waals surface area contributed by atoms with Crippen LogP contribution in [-0.2, 0) is 31.1 Å². The quantitative estimate of drug-likeness (QED) is 0.450. The molecule has 1 aromatic heterocycles. The normalized spacial score (nSPS) is 21.6. The predicted molar refractivity (Wildman–Crippen MR) is 148 cm³/mol. The van der Waals surface area contributed by atoms with Crippen LogP contribution in [0, 0.1) is 0 Å². The second-order valence-electron chi connectivity index (χ2n) is 10.9. The summed E-state index contributed by atoms with van der Waals surface area (Å²) < 4.78 is 45.9. The largest absolute Gasteiger partial charge is 0.408 e. The summed E-state index contributed by atoms with van der Waals surface area (Å²) in [6.07, 6.45) is -3.25. The van der Waals surface area contributed by atoms with Crippen molar-refractivity contribution in [3.05, 3.63) is 64.9 Å². The topological polar surface area (TPSA) is 130 Å². The van der Waals surface area contributed by atoms with Gasteiger partial charge in [-0.25, -0.2) is 5.01 Å². The number of hydrogen-bond acceptors (Lipinski definition) is 7. The maximum Gasteiger partial charge on any atom is 0.408 e.